The summed E-state index contributed by atoms with van der Waals surface area (Å²) < 4.78 is 17.2. The van der Waals surface area contributed by atoms with Crippen molar-refractivity contribution in [1.82, 2.24) is 9.80 Å². The summed E-state index contributed by atoms with van der Waals surface area (Å²) in [5.74, 6) is 3.34. The molecule has 0 atom stereocenters. The van der Waals surface area contributed by atoms with Gasteiger partial charge in [0.25, 0.3) is 0 Å². The third kappa shape index (κ3) is 3.66. The molecule has 0 bridgehead atoms. The summed E-state index contributed by atoms with van der Waals surface area (Å²) in [5.41, 5.74) is 2.08. The average Bonchev–Trinajstić information content (AvgIpc) is 3.43. The first kappa shape index (κ1) is 20.1. The van der Waals surface area contributed by atoms with Crippen LogP contribution in [0.1, 0.15) is 18.4 Å². The molecule has 6 rings (SSSR count). The van der Waals surface area contributed by atoms with Crippen molar-refractivity contribution in [3.05, 3.63) is 48.0 Å². The molecule has 1 saturated carbocycles. The Balaban J connectivity index is 1.24. The van der Waals surface area contributed by atoms with Gasteiger partial charge >= 0.3 is 185 Å². The second-order valence-electron chi connectivity index (χ2n) is 8.55. The summed E-state index contributed by atoms with van der Waals surface area (Å²) >= 11 is -0.336. The Morgan fingerprint density at radius 2 is 1.91 bits per heavy atom. The van der Waals surface area contributed by atoms with Crippen molar-refractivity contribution in [2.75, 3.05) is 39.8 Å². The van der Waals surface area contributed by atoms with Gasteiger partial charge in [0.2, 0.25) is 0 Å². The number of benzene rings is 2. The molecule has 0 unspecified atom stereocenters. The summed E-state index contributed by atoms with van der Waals surface area (Å²) in [7, 11) is 1.69. The second kappa shape index (κ2) is 8.11. The molecule has 1 aliphatic carbocycles. The molecule has 9 heteroatoms. The summed E-state index contributed by atoms with van der Waals surface area (Å²) in [4.78, 5) is 10.0. The molecule has 3 aliphatic heterocycles. The van der Waals surface area contributed by atoms with Crippen LogP contribution in [0, 0.1) is 5.41 Å². The maximum atomic E-state index is 6.24. The van der Waals surface area contributed by atoms with E-state index in [1.165, 1.54) is 16.6 Å². The number of hydrogen-bond donors (Lipinski definition) is 0. The molecule has 166 valence electrons. The molecular formula is C23H24IN6O2-. The van der Waals surface area contributed by atoms with Gasteiger partial charge < -0.3 is 0 Å². The van der Waals surface area contributed by atoms with Crippen molar-refractivity contribution in [2.45, 2.75) is 12.8 Å². The van der Waals surface area contributed by atoms with Crippen molar-refractivity contribution in [2.24, 2.45) is 24.1 Å². The van der Waals surface area contributed by atoms with Crippen molar-refractivity contribution in [1.29, 1.82) is 0 Å². The van der Waals surface area contributed by atoms with E-state index in [-0.39, 0.29) is 26.9 Å². The fourth-order valence-corrected chi connectivity index (χ4v) is 6.33. The van der Waals surface area contributed by atoms with E-state index in [9.17, 15) is 0 Å². The molecule has 2 aromatic rings. The SMILES string of the molecule is COc1ccc2c(c1)C(N1CCN(CC3(C4=NN=N[I-]4)CC3)CC1)=Nc1ccccc1O2. The Morgan fingerprint density at radius 1 is 1.06 bits per heavy atom. The van der Waals surface area contributed by atoms with Crippen LogP contribution >= 0.6 is 0 Å². The second-order valence-corrected chi connectivity index (χ2v) is 10.5. The van der Waals surface area contributed by atoms with Crippen LogP contribution in [-0.2, 0) is 0 Å². The fraction of sp³-hybridized carbons (Fsp3) is 0.391. The third-order valence-corrected chi connectivity index (χ3v) is 8.74. The Hall–Kier alpha value is -2.53. The standard InChI is InChI=1S/C23H24IN6O2/c1-31-16-6-7-19-17(14-16)21(25-18-4-2-3-5-20(18)32-19)30-12-10-29(11-13-30)15-23(8-9-23)22-24-27-28-26-22/h2-7,14H,8-13,15H2,1H3/q-1. The number of halogens is 1. The zero-order valence-electron chi connectivity index (χ0n) is 17.9. The third-order valence-electron chi connectivity index (χ3n) is 6.51. The van der Waals surface area contributed by atoms with Crippen LogP contribution < -0.4 is 31.0 Å². The minimum atomic E-state index is -0.336. The normalized spacial score (nSPS) is 21.3. The fourth-order valence-electron chi connectivity index (χ4n) is 4.52. The van der Waals surface area contributed by atoms with Gasteiger partial charge in [-0.05, 0) is 0 Å². The van der Waals surface area contributed by atoms with Crippen LogP contribution in [-0.4, -0.2) is 59.2 Å². The number of fused-ring (bicyclic) bond motifs is 2. The van der Waals surface area contributed by atoms with E-state index in [1.807, 2.05) is 42.5 Å². The van der Waals surface area contributed by atoms with Gasteiger partial charge in [-0.1, -0.05) is 6.07 Å². The molecule has 2 aromatic carbocycles. The van der Waals surface area contributed by atoms with Crippen LogP contribution in [0.3, 0.4) is 0 Å². The summed E-state index contributed by atoms with van der Waals surface area (Å²) in [6.45, 7) is 4.92. The van der Waals surface area contributed by atoms with Gasteiger partial charge in [-0.15, -0.1) is 0 Å². The molecule has 3 heterocycles. The molecule has 0 aromatic heterocycles. The number of aliphatic imine (C=N–C) groups is 1. The topological polar surface area (TPSA) is 74.4 Å². The van der Waals surface area contributed by atoms with E-state index < -0.39 is 0 Å². The van der Waals surface area contributed by atoms with Crippen molar-refractivity contribution < 1.29 is 31.0 Å². The van der Waals surface area contributed by atoms with Gasteiger partial charge in [-0.2, -0.15) is 0 Å². The first-order valence-corrected chi connectivity index (χ1v) is 12.9. The van der Waals surface area contributed by atoms with Crippen molar-refractivity contribution in [3.63, 3.8) is 0 Å². The molecule has 32 heavy (non-hydrogen) atoms. The number of rotatable bonds is 4. The van der Waals surface area contributed by atoms with Gasteiger partial charge in [0.1, 0.15) is 0 Å². The number of methoxy groups -OCH3 is 1. The maximum absolute atomic E-state index is 6.24. The van der Waals surface area contributed by atoms with Crippen molar-refractivity contribution >= 4 is 15.2 Å². The van der Waals surface area contributed by atoms with Crippen LogP contribution in [0.4, 0.5) is 5.69 Å². The van der Waals surface area contributed by atoms with Crippen LogP contribution in [0.25, 0.3) is 0 Å². The number of hydrogen-bond acceptors (Lipinski definition) is 8. The molecule has 0 spiro atoms. The van der Waals surface area contributed by atoms with Crippen LogP contribution in [0.15, 0.2) is 61.1 Å². The molecule has 1 saturated heterocycles. The Morgan fingerprint density at radius 3 is 2.66 bits per heavy atom. The number of amidine groups is 1. The number of nitrogens with zero attached hydrogens (tertiary/aromatic N) is 6. The Labute approximate surface area is 197 Å². The van der Waals surface area contributed by atoms with Crippen LogP contribution in [0.5, 0.6) is 17.2 Å². The van der Waals surface area contributed by atoms with E-state index in [1.54, 1.807) is 7.11 Å². The van der Waals surface area contributed by atoms with Gasteiger partial charge in [0.05, 0.1) is 7.11 Å². The van der Waals surface area contributed by atoms with Crippen LogP contribution in [0.2, 0.25) is 0 Å². The summed E-state index contributed by atoms with van der Waals surface area (Å²) in [6, 6.07) is 13.9. The molecule has 0 amide bonds. The molecule has 4 aliphatic rings. The molecule has 0 radical (unpaired) electrons. The number of piperazine rings is 1. The van der Waals surface area contributed by atoms with Gasteiger partial charge in [0.15, 0.2) is 0 Å². The van der Waals surface area contributed by atoms with Gasteiger partial charge in [-0.25, -0.2) is 0 Å². The van der Waals surface area contributed by atoms with E-state index >= 15 is 0 Å². The quantitative estimate of drug-likeness (QED) is 0.541. The first-order valence-electron chi connectivity index (χ1n) is 10.9. The van der Waals surface area contributed by atoms with Crippen molar-refractivity contribution in [3.8, 4) is 17.2 Å². The average molecular weight is 543 g/mol. The van der Waals surface area contributed by atoms with E-state index in [4.69, 9.17) is 14.5 Å². The zero-order chi connectivity index (χ0) is 21.5. The zero-order valence-corrected chi connectivity index (χ0v) is 20.0. The minimum absolute atomic E-state index is 0.255. The Bertz CT molecular complexity index is 1140. The predicted molar refractivity (Wildman–Crippen MR) is 118 cm³/mol. The number of para-hydroxylation sites is 2. The molecule has 8 nitrogen and oxygen atoms in total. The predicted octanol–water partition coefficient (Wildman–Crippen LogP) is 1.06. The monoisotopic (exact) mass is 543 g/mol. The number of ether oxygens (including phenoxy) is 2. The molecular weight excluding hydrogens is 519 g/mol. The Kier molecular flexibility index (Phi) is 5.09. The van der Waals surface area contributed by atoms with E-state index in [0.717, 1.165) is 67.1 Å². The summed E-state index contributed by atoms with van der Waals surface area (Å²) in [6.07, 6.45) is 2.45. The first-order chi connectivity index (χ1) is 15.7. The summed E-state index contributed by atoms with van der Waals surface area (Å²) in [5, 5.41) is 8.24. The van der Waals surface area contributed by atoms with E-state index in [0.29, 0.717) is 0 Å². The van der Waals surface area contributed by atoms with E-state index in [2.05, 4.69) is 23.5 Å². The van der Waals surface area contributed by atoms with Gasteiger partial charge in [0, 0.05) is 0 Å². The van der Waals surface area contributed by atoms with Gasteiger partial charge in [-0.3, -0.25) is 0 Å². The molecule has 2 fully saturated rings. The molecule has 0 N–H and O–H groups in total.